The van der Waals surface area contributed by atoms with Gasteiger partial charge in [-0.2, -0.15) is 0 Å². The first-order chi connectivity index (χ1) is 9.87. The third-order valence-corrected chi connectivity index (χ3v) is 7.54. The molecule has 0 N–H and O–H groups in total. The summed E-state index contributed by atoms with van der Waals surface area (Å²) in [5.74, 6) is -1.74. The van der Waals surface area contributed by atoms with Gasteiger partial charge >= 0.3 is 11.9 Å². The van der Waals surface area contributed by atoms with Crippen LogP contribution in [0.3, 0.4) is 0 Å². The summed E-state index contributed by atoms with van der Waals surface area (Å²) in [6.07, 6.45) is 1.98. The SMILES string of the molecule is CCCOC(=O)C(CCC[Si](C)(C)O[Si]C)C(=O)OCC. The molecular formula is C14H28O5Si2. The van der Waals surface area contributed by atoms with Gasteiger partial charge in [0.1, 0.15) is 0 Å². The number of hydrogen-bond donors (Lipinski definition) is 0. The van der Waals surface area contributed by atoms with E-state index in [0.29, 0.717) is 22.8 Å². The highest BCUT2D eigenvalue weighted by atomic mass is 28.4. The summed E-state index contributed by atoms with van der Waals surface area (Å²) >= 11 is 0. The van der Waals surface area contributed by atoms with Crippen molar-refractivity contribution in [3.05, 3.63) is 0 Å². The minimum Gasteiger partial charge on any atom is -0.465 e. The van der Waals surface area contributed by atoms with E-state index in [9.17, 15) is 9.59 Å². The predicted octanol–water partition coefficient (Wildman–Crippen LogP) is 2.79. The number of carbonyl (C=O) groups excluding carboxylic acids is 2. The van der Waals surface area contributed by atoms with Crippen LogP contribution in [0.1, 0.15) is 33.1 Å². The largest absolute Gasteiger partial charge is 0.465 e. The van der Waals surface area contributed by atoms with Gasteiger partial charge < -0.3 is 13.6 Å². The summed E-state index contributed by atoms with van der Waals surface area (Å²) in [7, 11) is -1.19. The molecule has 0 saturated heterocycles. The van der Waals surface area contributed by atoms with Gasteiger partial charge in [0.25, 0.3) is 0 Å². The van der Waals surface area contributed by atoms with E-state index >= 15 is 0 Å². The molecule has 0 aromatic rings. The molecule has 0 rings (SSSR count). The van der Waals surface area contributed by atoms with Crippen molar-refractivity contribution in [3.63, 3.8) is 0 Å². The van der Waals surface area contributed by atoms with E-state index in [1.54, 1.807) is 6.92 Å². The fourth-order valence-electron chi connectivity index (χ4n) is 1.94. The predicted molar refractivity (Wildman–Crippen MR) is 85.6 cm³/mol. The molecule has 0 aliphatic heterocycles. The highest BCUT2D eigenvalue weighted by Gasteiger charge is 2.30. The van der Waals surface area contributed by atoms with E-state index in [-0.39, 0.29) is 6.61 Å². The summed E-state index contributed by atoms with van der Waals surface area (Å²) in [6, 6.07) is 0.921. The third-order valence-electron chi connectivity index (χ3n) is 2.95. The Balaban J connectivity index is 4.47. The molecule has 122 valence electrons. The Labute approximate surface area is 131 Å². The van der Waals surface area contributed by atoms with Gasteiger partial charge in [-0.1, -0.05) is 13.3 Å². The molecule has 0 aliphatic carbocycles. The monoisotopic (exact) mass is 332 g/mol. The molecule has 1 atom stereocenters. The Morgan fingerprint density at radius 1 is 1.14 bits per heavy atom. The normalized spacial score (nSPS) is 12.8. The van der Waals surface area contributed by atoms with Gasteiger partial charge in [0.2, 0.25) is 9.76 Å². The Bertz CT molecular complexity index is 320. The average Bonchev–Trinajstić information content (AvgIpc) is 2.41. The fourth-order valence-corrected chi connectivity index (χ4v) is 5.61. The molecule has 0 saturated carbocycles. The molecule has 0 spiro atoms. The Morgan fingerprint density at radius 3 is 2.29 bits per heavy atom. The van der Waals surface area contributed by atoms with E-state index in [0.717, 1.165) is 18.9 Å². The van der Waals surface area contributed by atoms with Crippen LogP contribution in [0.15, 0.2) is 0 Å². The molecule has 21 heavy (non-hydrogen) atoms. The maximum atomic E-state index is 12.0. The van der Waals surface area contributed by atoms with Crippen molar-refractivity contribution in [1.82, 2.24) is 0 Å². The molecule has 0 amide bonds. The van der Waals surface area contributed by atoms with Crippen LogP contribution in [-0.4, -0.2) is 43.2 Å². The maximum Gasteiger partial charge on any atom is 0.320 e. The number of carbonyl (C=O) groups is 2. The standard InChI is InChI=1S/C14H28O5Si2/c1-6-10-18-14(16)12(13(15)17-7-2)9-8-11-21(4,5)19-20-3/h12H,6-11H2,1-5H3. The van der Waals surface area contributed by atoms with E-state index in [1.165, 1.54) is 0 Å². The van der Waals surface area contributed by atoms with Crippen LogP contribution in [0.4, 0.5) is 0 Å². The molecule has 0 heterocycles. The first-order valence-corrected chi connectivity index (χ1v) is 12.1. The number of esters is 2. The minimum absolute atomic E-state index is 0.275. The van der Waals surface area contributed by atoms with Crippen molar-refractivity contribution in [2.75, 3.05) is 13.2 Å². The van der Waals surface area contributed by atoms with Crippen LogP contribution in [0.25, 0.3) is 0 Å². The Kier molecular flexibility index (Phi) is 10.6. The van der Waals surface area contributed by atoms with Gasteiger partial charge in [0, 0.05) is 0 Å². The average molecular weight is 333 g/mol. The van der Waals surface area contributed by atoms with E-state index < -0.39 is 26.2 Å². The Hall–Kier alpha value is -0.666. The van der Waals surface area contributed by atoms with Crippen LogP contribution in [-0.2, 0) is 23.2 Å². The second kappa shape index (κ2) is 11.0. The molecule has 1 unspecified atom stereocenters. The molecule has 2 radical (unpaired) electrons. The molecule has 7 heteroatoms. The molecule has 0 aromatic heterocycles. The molecule has 0 fully saturated rings. The molecular weight excluding hydrogens is 304 g/mol. The summed E-state index contributed by atoms with van der Waals surface area (Å²) in [5.41, 5.74) is 0. The van der Waals surface area contributed by atoms with Crippen LogP contribution >= 0.6 is 0 Å². The zero-order valence-corrected chi connectivity index (χ0v) is 15.9. The highest BCUT2D eigenvalue weighted by molar-refractivity contribution is 6.74. The first kappa shape index (κ1) is 20.3. The van der Waals surface area contributed by atoms with Crippen LogP contribution in [0.5, 0.6) is 0 Å². The fraction of sp³-hybridized carbons (Fsp3) is 0.857. The summed E-state index contributed by atoms with van der Waals surface area (Å²) in [4.78, 5) is 23.8. The van der Waals surface area contributed by atoms with Crippen molar-refractivity contribution in [3.8, 4) is 0 Å². The second-order valence-electron chi connectivity index (χ2n) is 5.43. The van der Waals surface area contributed by atoms with Crippen LogP contribution in [0, 0.1) is 5.92 Å². The van der Waals surface area contributed by atoms with Crippen LogP contribution in [0.2, 0.25) is 25.7 Å². The zero-order valence-electron chi connectivity index (χ0n) is 13.9. The lowest BCUT2D eigenvalue weighted by atomic mass is 10.0. The molecule has 0 aromatic carbocycles. The van der Waals surface area contributed by atoms with Gasteiger partial charge in [-0.05, 0) is 45.5 Å². The summed E-state index contributed by atoms with van der Waals surface area (Å²) in [5, 5.41) is 0. The number of hydrogen-bond acceptors (Lipinski definition) is 5. The van der Waals surface area contributed by atoms with Crippen molar-refractivity contribution < 1.29 is 23.2 Å². The minimum atomic E-state index is -1.68. The lowest BCUT2D eigenvalue weighted by molar-refractivity contribution is -0.162. The lowest BCUT2D eigenvalue weighted by Crippen LogP contribution is -2.32. The van der Waals surface area contributed by atoms with Gasteiger partial charge in [-0.15, -0.1) is 0 Å². The van der Waals surface area contributed by atoms with Gasteiger partial charge in [-0.25, -0.2) is 0 Å². The summed E-state index contributed by atoms with van der Waals surface area (Å²) < 4.78 is 15.8. The van der Waals surface area contributed by atoms with E-state index in [4.69, 9.17) is 13.6 Å². The lowest BCUT2D eigenvalue weighted by Gasteiger charge is -2.22. The highest BCUT2D eigenvalue weighted by Crippen LogP contribution is 2.19. The maximum absolute atomic E-state index is 12.0. The quantitative estimate of drug-likeness (QED) is 0.331. The first-order valence-electron chi connectivity index (χ1n) is 7.56. The van der Waals surface area contributed by atoms with Gasteiger partial charge in [-0.3, -0.25) is 9.59 Å². The molecule has 0 aliphatic rings. The molecule has 5 nitrogen and oxygen atoms in total. The number of ether oxygens (including phenoxy) is 2. The van der Waals surface area contributed by atoms with Crippen molar-refractivity contribution in [2.24, 2.45) is 5.92 Å². The number of rotatable bonds is 11. The van der Waals surface area contributed by atoms with Gasteiger partial charge in [0.15, 0.2) is 14.2 Å². The topological polar surface area (TPSA) is 61.8 Å². The van der Waals surface area contributed by atoms with E-state index in [2.05, 4.69) is 13.1 Å². The molecule has 0 bridgehead atoms. The van der Waals surface area contributed by atoms with E-state index in [1.807, 2.05) is 13.5 Å². The van der Waals surface area contributed by atoms with Crippen molar-refractivity contribution >= 4 is 30.0 Å². The second-order valence-corrected chi connectivity index (χ2v) is 10.7. The van der Waals surface area contributed by atoms with Crippen molar-refractivity contribution in [2.45, 2.75) is 58.8 Å². The smallest absolute Gasteiger partial charge is 0.320 e. The van der Waals surface area contributed by atoms with Gasteiger partial charge in [0.05, 0.1) is 13.2 Å². The summed E-state index contributed by atoms with van der Waals surface area (Å²) in [6.45, 7) is 10.6. The van der Waals surface area contributed by atoms with Crippen molar-refractivity contribution in [1.29, 1.82) is 0 Å². The van der Waals surface area contributed by atoms with Crippen LogP contribution < -0.4 is 0 Å². The zero-order chi connectivity index (χ0) is 16.3. The Morgan fingerprint density at radius 2 is 1.76 bits per heavy atom. The third kappa shape index (κ3) is 9.05.